The second-order valence-corrected chi connectivity index (χ2v) is 9.82. The van der Waals surface area contributed by atoms with Crippen molar-refractivity contribution >= 4 is 16.9 Å². The van der Waals surface area contributed by atoms with Gasteiger partial charge in [0, 0.05) is 19.0 Å². The molecular weight excluding hydrogens is 482 g/mol. The standard InChI is InChI=1S/C19H19N3O2.C13H20.C2H6/c1-12-20-17-5-3-15(10-18(17)21-12)14-4-6-19-16(9-14)11-22(13(2)23)7-8-24-19;1-3-5-9-12(4-2)13-10-7-6-8-11-13;1-2/h3-6,9-10H,7-8,11H2,1-2H3,(H,20,21);6-8,10-12H,3-5,9H2,1-2H3;1-2H3. The Labute approximate surface area is 234 Å². The second-order valence-electron chi connectivity index (χ2n) is 9.82. The Hall–Kier alpha value is -3.60. The highest BCUT2D eigenvalue weighted by molar-refractivity contribution is 5.82. The molecule has 5 heteroatoms. The summed E-state index contributed by atoms with van der Waals surface area (Å²) in [5.41, 5.74) is 6.78. The first-order valence-electron chi connectivity index (χ1n) is 14.5. The minimum atomic E-state index is 0.0752. The maximum absolute atomic E-state index is 11.7. The van der Waals surface area contributed by atoms with Gasteiger partial charge in [-0.3, -0.25) is 4.79 Å². The molecule has 0 saturated heterocycles. The molecule has 0 radical (unpaired) electrons. The van der Waals surface area contributed by atoms with Gasteiger partial charge < -0.3 is 14.6 Å². The molecule has 5 nitrogen and oxygen atoms in total. The van der Waals surface area contributed by atoms with E-state index < -0.39 is 0 Å². The minimum Gasteiger partial charge on any atom is -0.491 e. The number of nitrogens with zero attached hydrogens (tertiary/aromatic N) is 2. The molecule has 0 saturated carbocycles. The average molecular weight is 528 g/mol. The fraction of sp³-hybridized carbons (Fsp3) is 0.412. The molecule has 0 bridgehead atoms. The van der Waals surface area contributed by atoms with Gasteiger partial charge in [0.05, 0.1) is 17.6 Å². The number of fused-ring (bicyclic) bond motifs is 2. The molecule has 1 aliphatic rings. The molecule has 1 unspecified atom stereocenters. The summed E-state index contributed by atoms with van der Waals surface area (Å²) in [7, 11) is 0. The van der Waals surface area contributed by atoms with E-state index in [4.69, 9.17) is 4.74 Å². The van der Waals surface area contributed by atoms with E-state index in [2.05, 4.69) is 78.4 Å². The number of carbonyl (C=O) groups is 1. The van der Waals surface area contributed by atoms with E-state index in [1.807, 2.05) is 37.8 Å². The Balaban J connectivity index is 0.000000239. The van der Waals surface area contributed by atoms with Crippen molar-refractivity contribution in [3.05, 3.63) is 83.7 Å². The second kappa shape index (κ2) is 15.1. The normalized spacial score (nSPS) is 13.1. The van der Waals surface area contributed by atoms with Crippen LogP contribution in [0.3, 0.4) is 0 Å². The number of aromatic nitrogens is 2. The van der Waals surface area contributed by atoms with Crippen LogP contribution in [0, 0.1) is 6.92 Å². The largest absolute Gasteiger partial charge is 0.491 e. The first-order chi connectivity index (χ1) is 19.0. The minimum absolute atomic E-state index is 0.0752. The molecule has 208 valence electrons. The maximum atomic E-state index is 11.7. The molecule has 1 atom stereocenters. The van der Waals surface area contributed by atoms with Crippen LogP contribution in [-0.4, -0.2) is 33.9 Å². The summed E-state index contributed by atoms with van der Waals surface area (Å²) < 4.78 is 5.78. The van der Waals surface area contributed by atoms with E-state index in [0.29, 0.717) is 19.7 Å². The summed E-state index contributed by atoms with van der Waals surface area (Å²) in [6.45, 7) is 13.8. The van der Waals surface area contributed by atoms with Crippen molar-refractivity contribution in [2.75, 3.05) is 13.2 Å². The van der Waals surface area contributed by atoms with E-state index in [1.54, 1.807) is 6.92 Å². The molecule has 1 amide bonds. The van der Waals surface area contributed by atoms with Crippen LogP contribution in [0.5, 0.6) is 5.75 Å². The predicted molar refractivity (Wildman–Crippen MR) is 163 cm³/mol. The monoisotopic (exact) mass is 527 g/mol. The van der Waals surface area contributed by atoms with Crippen LogP contribution < -0.4 is 4.74 Å². The number of aryl methyl sites for hydroxylation is 1. The first kappa shape index (κ1) is 29.9. The number of hydrogen-bond acceptors (Lipinski definition) is 3. The van der Waals surface area contributed by atoms with Crippen molar-refractivity contribution in [3.8, 4) is 16.9 Å². The molecule has 3 aromatic carbocycles. The van der Waals surface area contributed by atoms with Crippen LogP contribution in [0.2, 0.25) is 0 Å². The number of nitrogens with one attached hydrogen (secondary N) is 1. The molecule has 1 N–H and O–H groups in total. The van der Waals surface area contributed by atoms with Gasteiger partial charge in [-0.1, -0.05) is 83.0 Å². The van der Waals surface area contributed by atoms with Gasteiger partial charge in [-0.15, -0.1) is 0 Å². The van der Waals surface area contributed by atoms with Crippen molar-refractivity contribution < 1.29 is 9.53 Å². The highest BCUT2D eigenvalue weighted by Crippen LogP contribution is 2.30. The summed E-state index contributed by atoms with van der Waals surface area (Å²) in [5, 5.41) is 0. The van der Waals surface area contributed by atoms with Gasteiger partial charge in [-0.25, -0.2) is 4.98 Å². The number of hydrogen-bond donors (Lipinski definition) is 1. The third kappa shape index (κ3) is 8.19. The summed E-state index contributed by atoms with van der Waals surface area (Å²) in [4.78, 5) is 21.3. The summed E-state index contributed by atoms with van der Waals surface area (Å²) in [5.74, 6) is 2.63. The highest BCUT2D eigenvalue weighted by atomic mass is 16.5. The average Bonchev–Trinajstić information content (AvgIpc) is 3.20. The molecule has 1 aromatic heterocycles. The number of imidazole rings is 1. The maximum Gasteiger partial charge on any atom is 0.219 e. The van der Waals surface area contributed by atoms with Gasteiger partial charge >= 0.3 is 0 Å². The molecule has 39 heavy (non-hydrogen) atoms. The quantitative estimate of drug-likeness (QED) is 0.273. The van der Waals surface area contributed by atoms with E-state index in [0.717, 1.165) is 45.2 Å². The van der Waals surface area contributed by atoms with Gasteiger partial charge in [0.15, 0.2) is 0 Å². The lowest BCUT2D eigenvalue weighted by molar-refractivity contribution is -0.129. The van der Waals surface area contributed by atoms with Crippen LogP contribution in [-0.2, 0) is 11.3 Å². The summed E-state index contributed by atoms with van der Waals surface area (Å²) >= 11 is 0. The zero-order valence-corrected chi connectivity index (χ0v) is 24.6. The zero-order valence-electron chi connectivity index (χ0n) is 24.6. The van der Waals surface area contributed by atoms with E-state index in [1.165, 1.54) is 31.2 Å². The number of unbranched alkanes of at least 4 members (excludes halogenated alkanes) is 1. The number of ether oxygens (including phenoxy) is 1. The number of benzene rings is 3. The van der Waals surface area contributed by atoms with Crippen molar-refractivity contribution in [3.63, 3.8) is 0 Å². The Morgan fingerprint density at radius 2 is 1.74 bits per heavy atom. The molecule has 0 fully saturated rings. The van der Waals surface area contributed by atoms with Crippen LogP contribution >= 0.6 is 0 Å². The van der Waals surface area contributed by atoms with Crippen LogP contribution in [0.1, 0.15) is 83.2 Å². The number of aromatic amines is 1. The first-order valence-corrected chi connectivity index (χ1v) is 14.5. The molecular formula is C34H45N3O2. The predicted octanol–water partition coefficient (Wildman–Crippen LogP) is 8.68. The Kier molecular flexibility index (Phi) is 11.6. The van der Waals surface area contributed by atoms with Crippen LogP contribution in [0.15, 0.2) is 66.7 Å². The van der Waals surface area contributed by atoms with E-state index in [9.17, 15) is 4.79 Å². The van der Waals surface area contributed by atoms with Crippen molar-refractivity contribution in [1.82, 2.24) is 14.9 Å². The molecule has 2 heterocycles. The molecule has 4 aromatic rings. The molecule has 0 aliphatic carbocycles. The topological polar surface area (TPSA) is 58.2 Å². The number of amides is 1. The summed E-state index contributed by atoms with van der Waals surface area (Å²) in [6.07, 6.45) is 5.28. The third-order valence-corrected chi connectivity index (χ3v) is 7.09. The smallest absolute Gasteiger partial charge is 0.219 e. The SMILES string of the molecule is CC.CC(=O)N1CCOc2ccc(-c3ccc4nc(C)[nH]c4c3)cc2C1.CCCCC(CC)c1ccccc1. The lowest BCUT2D eigenvalue weighted by atomic mass is 9.91. The Morgan fingerprint density at radius 3 is 2.44 bits per heavy atom. The molecule has 1 aliphatic heterocycles. The van der Waals surface area contributed by atoms with Crippen LogP contribution in [0.25, 0.3) is 22.2 Å². The number of carbonyl (C=O) groups excluding carboxylic acids is 1. The lowest BCUT2D eigenvalue weighted by Crippen LogP contribution is -2.30. The third-order valence-electron chi connectivity index (χ3n) is 7.09. The molecule has 0 spiro atoms. The Bertz CT molecular complexity index is 1310. The van der Waals surface area contributed by atoms with E-state index >= 15 is 0 Å². The van der Waals surface area contributed by atoms with Gasteiger partial charge in [0.25, 0.3) is 0 Å². The van der Waals surface area contributed by atoms with Gasteiger partial charge in [0.2, 0.25) is 5.91 Å². The number of rotatable bonds is 6. The fourth-order valence-electron chi connectivity index (χ4n) is 4.94. The fourth-order valence-corrected chi connectivity index (χ4v) is 4.94. The molecule has 5 rings (SSSR count). The van der Waals surface area contributed by atoms with E-state index in [-0.39, 0.29) is 5.91 Å². The van der Waals surface area contributed by atoms with Crippen molar-refractivity contribution in [2.24, 2.45) is 0 Å². The lowest BCUT2D eigenvalue weighted by Gasteiger charge is -2.17. The zero-order chi connectivity index (χ0) is 28.2. The van der Waals surface area contributed by atoms with Crippen molar-refractivity contribution in [1.29, 1.82) is 0 Å². The number of H-pyrrole nitrogens is 1. The van der Waals surface area contributed by atoms with Crippen molar-refractivity contribution in [2.45, 2.75) is 79.7 Å². The van der Waals surface area contributed by atoms with Crippen LogP contribution in [0.4, 0.5) is 0 Å². The van der Waals surface area contributed by atoms with Gasteiger partial charge in [-0.05, 0) is 66.6 Å². The Morgan fingerprint density at radius 1 is 1.03 bits per heavy atom. The highest BCUT2D eigenvalue weighted by Gasteiger charge is 2.18. The van der Waals surface area contributed by atoms with Gasteiger partial charge in [0.1, 0.15) is 18.2 Å². The van der Waals surface area contributed by atoms with Gasteiger partial charge in [-0.2, -0.15) is 0 Å². The summed E-state index contributed by atoms with van der Waals surface area (Å²) in [6, 6.07) is 23.3.